The number of carboxylic acids is 1. The lowest BCUT2D eigenvalue weighted by Gasteiger charge is -2.38. The predicted molar refractivity (Wildman–Crippen MR) is 98.4 cm³/mol. The Balaban J connectivity index is 1.86. The largest absolute Gasteiger partial charge is 0.478 e. The minimum Gasteiger partial charge on any atom is -0.478 e. The molecule has 0 bridgehead atoms. The van der Waals surface area contributed by atoms with Crippen LogP contribution in [0.4, 0.5) is 30.2 Å². The summed E-state index contributed by atoms with van der Waals surface area (Å²) in [5, 5.41) is 9.07. The average molecular weight is 379 g/mol. The lowest BCUT2D eigenvalue weighted by atomic mass is 10.0. The molecule has 27 heavy (non-hydrogen) atoms. The maximum atomic E-state index is 13.3. The van der Waals surface area contributed by atoms with Crippen molar-refractivity contribution in [2.45, 2.75) is 13.1 Å². The number of nitrogens with two attached hydrogens (primary N) is 1. The molecule has 2 aromatic rings. The molecule has 5 nitrogen and oxygen atoms in total. The van der Waals surface area contributed by atoms with Crippen LogP contribution in [0.3, 0.4) is 0 Å². The van der Waals surface area contributed by atoms with Gasteiger partial charge < -0.3 is 20.6 Å². The van der Waals surface area contributed by atoms with Crippen molar-refractivity contribution in [1.29, 1.82) is 0 Å². The summed E-state index contributed by atoms with van der Waals surface area (Å²) in [5.41, 5.74) is 6.36. The van der Waals surface area contributed by atoms with Gasteiger partial charge in [-0.15, -0.1) is 0 Å². The second-order valence-corrected chi connectivity index (χ2v) is 6.52. The summed E-state index contributed by atoms with van der Waals surface area (Å²) in [4.78, 5) is 15.1. The van der Waals surface area contributed by atoms with Gasteiger partial charge in [-0.1, -0.05) is 18.2 Å². The number of anilines is 3. The van der Waals surface area contributed by atoms with Gasteiger partial charge in [-0.3, -0.25) is 0 Å². The molecule has 2 aromatic carbocycles. The molecule has 0 radical (unpaired) electrons. The zero-order chi connectivity index (χ0) is 19.8. The van der Waals surface area contributed by atoms with E-state index in [1.165, 1.54) is 0 Å². The Morgan fingerprint density at radius 1 is 1.04 bits per heavy atom. The summed E-state index contributed by atoms with van der Waals surface area (Å²) in [6, 6.07) is 9.69. The quantitative estimate of drug-likeness (QED) is 0.797. The number of nitrogens with zero attached hydrogens (tertiary/aromatic N) is 2. The van der Waals surface area contributed by atoms with E-state index >= 15 is 0 Å². The Kier molecular flexibility index (Phi) is 4.91. The van der Waals surface area contributed by atoms with Crippen LogP contribution in [0.1, 0.15) is 21.5 Å². The van der Waals surface area contributed by atoms with Gasteiger partial charge in [0.15, 0.2) is 0 Å². The van der Waals surface area contributed by atoms with Crippen molar-refractivity contribution in [2.24, 2.45) is 0 Å². The molecule has 0 spiro atoms. The number of aromatic carboxylic acids is 1. The number of aryl methyl sites for hydroxylation is 1. The normalized spacial score (nSPS) is 15.1. The number of carboxylic acid groups (broad SMARTS) is 1. The molecule has 1 aliphatic heterocycles. The van der Waals surface area contributed by atoms with Gasteiger partial charge in [0.05, 0.1) is 22.5 Å². The van der Waals surface area contributed by atoms with E-state index in [4.69, 9.17) is 10.8 Å². The van der Waals surface area contributed by atoms with Crippen LogP contribution in [0.5, 0.6) is 0 Å². The maximum Gasteiger partial charge on any atom is 0.417 e. The van der Waals surface area contributed by atoms with E-state index in [-0.39, 0.29) is 11.4 Å². The fourth-order valence-electron chi connectivity index (χ4n) is 3.40. The van der Waals surface area contributed by atoms with Gasteiger partial charge >= 0.3 is 12.1 Å². The summed E-state index contributed by atoms with van der Waals surface area (Å²) >= 11 is 0. The van der Waals surface area contributed by atoms with Crippen molar-refractivity contribution < 1.29 is 23.1 Å². The molecule has 1 heterocycles. The fraction of sp³-hybridized carbons (Fsp3) is 0.316. The van der Waals surface area contributed by atoms with Gasteiger partial charge in [-0.2, -0.15) is 13.2 Å². The molecule has 8 heteroatoms. The Morgan fingerprint density at radius 3 is 2.11 bits per heavy atom. The number of halogens is 3. The molecule has 1 saturated heterocycles. The number of alkyl halides is 3. The molecule has 144 valence electrons. The predicted octanol–water partition coefficient (Wildman–Crippen LogP) is 3.62. The zero-order valence-electron chi connectivity index (χ0n) is 14.8. The SMILES string of the molecule is Cc1ccccc1N1CCN(c2cc(C(F)(F)F)c(C(=O)O)cc2N)CC1. The summed E-state index contributed by atoms with van der Waals surface area (Å²) in [6.45, 7) is 4.25. The molecule has 0 aromatic heterocycles. The van der Waals surface area contributed by atoms with Crippen LogP contribution in [0.15, 0.2) is 36.4 Å². The van der Waals surface area contributed by atoms with Crippen LogP contribution in [-0.4, -0.2) is 37.3 Å². The third-order valence-electron chi connectivity index (χ3n) is 4.78. The van der Waals surface area contributed by atoms with Crippen molar-refractivity contribution in [3.63, 3.8) is 0 Å². The van der Waals surface area contributed by atoms with Gasteiger partial charge in [0, 0.05) is 31.9 Å². The summed E-state index contributed by atoms with van der Waals surface area (Å²) in [5.74, 6) is -1.65. The zero-order valence-corrected chi connectivity index (χ0v) is 14.8. The van der Waals surface area contributed by atoms with Crippen molar-refractivity contribution >= 4 is 23.0 Å². The summed E-state index contributed by atoms with van der Waals surface area (Å²) in [6.07, 6.45) is -4.76. The van der Waals surface area contributed by atoms with Crippen molar-refractivity contribution in [1.82, 2.24) is 0 Å². The molecule has 0 atom stereocenters. The van der Waals surface area contributed by atoms with E-state index in [1.807, 2.05) is 31.2 Å². The third kappa shape index (κ3) is 3.79. The molecule has 0 aliphatic carbocycles. The summed E-state index contributed by atoms with van der Waals surface area (Å²) in [7, 11) is 0. The Bertz CT molecular complexity index is 860. The second-order valence-electron chi connectivity index (χ2n) is 6.52. The number of piperazine rings is 1. The van der Waals surface area contributed by atoms with E-state index < -0.39 is 23.3 Å². The molecular weight excluding hydrogens is 359 g/mol. The number of carbonyl (C=O) groups is 1. The molecule has 1 fully saturated rings. The molecular formula is C19H20F3N3O2. The van der Waals surface area contributed by atoms with Crippen molar-refractivity contribution in [3.8, 4) is 0 Å². The highest BCUT2D eigenvalue weighted by Gasteiger charge is 2.37. The first-order valence-electron chi connectivity index (χ1n) is 8.48. The monoisotopic (exact) mass is 379 g/mol. The summed E-state index contributed by atoms with van der Waals surface area (Å²) < 4.78 is 39.9. The van der Waals surface area contributed by atoms with Gasteiger partial charge in [-0.05, 0) is 30.7 Å². The van der Waals surface area contributed by atoms with E-state index in [9.17, 15) is 18.0 Å². The van der Waals surface area contributed by atoms with Crippen LogP contribution in [0.2, 0.25) is 0 Å². The Labute approximate surface area is 154 Å². The van der Waals surface area contributed by atoms with Crippen molar-refractivity contribution in [2.75, 3.05) is 41.7 Å². The minimum atomic E-state index is -4.76. The fourth-order valence-corrected chi connectivity index (χ4v) is 3.40. The highest BCUT2D eigenvalue weighted by atomic mass is 19.4. The van der Waals surface area contributed by atoms with Crippen LogP contribution in [0.25, 0.3) is 0 Å². The number of para-hydroxylation sites is 1. The molecule has 3 rings (SSSR count). The van der Waals surface area contributed by atoms with Crippen molar-refractivity contribution in [3.05, 3.63) is 53.1 Å². The van der Waals surface area contributed by atoms with Crippen LogP contribution < -0.4 is 15.5 Å². The lowest BCUT2D eigenvalue weighted by Crippen LogP contribution is -2.47. The number of benzene rings is 2. The molecule has 3 N–H and O–H groups in total. The number of hydrogen-bond donors (Lipinski definition) is 2. The van der Waals surface area contributed by atoms with E-state index in [0.29, 0.717) is 26.2 Å². The number of hydrogen-bond acceptors (Lipinski definition) is 4. The smallest absolute Gasteiger partial charge is 0.417 e. The van der Waals surface area contributed by atoms with Gasteiger partial charge in [0.1, 0.15) is 0 Å². The first kappa shape index (κ1) is 18.9. The molecule has 1 aliphatic rings. The molecule has 0 amide bonds. The molecule has 0 saturated carbocycles. The number of nitrogen functional groups attached to an aromatic ring is 1. The van der Waals surface area contributed by atoms with Gasteiger partial charge in [-0.25, -0.2) is 4.79 Å². The number of rotatable bonds is 3. The second kappa shape index (κ2) is 7.02. The van der Waals surface area contributed by atoms with Crippen LogP contribution in [0, 0.1) is 6.92 Å². The topological polar surface area (TPSA) is 69.8 Å². The van der Waals surface area contributed by atoms with E-state index in [2.05, 4.69) is 4.90 Å². The first-order chi connectivity index (χ1) is 12.7. The van der Waals surface area contributed by atoms with Gasteiger partial charge in [0.25, 0.3) is 0 Å². The highest BCUT2D eigenvalue weighted by Crippen LogP contribution is 2.38. The standard InChI is InChI=1S/C19H20F3N3O2/c1-12-4-2-3-5-16(12)24-6-8-25(9-7-24)17-11-14(19(20,21)22)13(18(26)27)10-15(17)23/h2-5,10-11H,6-9,23H2,1H3,(H,26,27). The molecule has 0 unspecified atom stereocenters. The lowest BCUT2D eigenvalue weighted by molar-refractivity contribution is -0.138. The Hall–Kier alpha value is -2.90. The maximum absolute atomic E-state index is 13.3. The minimum absolute atomic E-state index is 0.0322. The van der Waals surface area contributed by atoms with E-state index in [0.717, 1.165) is 23.4 Å². The highest BCUT2D eigenvalue weighted by molar-refractivity contribution is 5.93. The average Bonchev–Trinajstić information content (AvgIpc) is 2.61. The van der Waals surface area contributed by atoms with E-state index in [1.54, 1.807) is 4.90 Å². The van der Waals surface area contributed by atoms with Crippen LogP contribution >= 0.6 is 0 Å². The first-order valence-corrected chi connectivity index (χ1v) is 8.48. The Morgan fingerprint density at radius 2 is 1.59 bits per heavy atom. The van der Waals surface area contributed by atoms with Crippen LogP contribution in [-0.2, 0) is 6.18 Å². The van der Waals surface area contributed by atoms with Gasteiger partial charge in [0.2, 0.25) is 0 Å². The third-order valence-corrected chi connectivity index (χ3v) is 4.78.